The lowest BCUT2D eigenvalue weighted by atomic mass is 10.0. The van der Waals surface area contributed by atoms with Gasteiger partial charge < -0.3 is 29.5 Å². The normalized spacial score (nSPS) is 24.4. The van der Waals surface area contributed by atoms with Crippen molar-refractivity contribution < 1.29 is 32.9 Å². The Kier molecular flexibility index (Phi) is 9.53. The lowest BCUT2D eigenvalue weighted by molar-refractivity contribution is -0.143. The Labute approximate surface area is 264 Å². The van der Waals surface area contributed by atoms with Crippen LogP contribution in [0.4, 0.5) is 20.4 Å². The van der Waals surface area contributed by atoms with Crippen molar-refractivity contribution >= 4 is 17.5 Å². The molecule has 5 atom stereocenters. The van der Waals surface area contributed by atoms with Crippen molar-refractivity contribution in [1.82, 2.24) is 24.8 Å². The van der Waals surface area contributed by atoms with Gasteiger partial charge in [-0.1, -0.05) is 0 Å². The summed E-state index contributed by atoms with van der Waals surface area (Å²) in [5.41, 5.74) is 1.39. The molecule has 0 bridgehead atoms. The Morgan fingerprint density at radius 1 is 1.07 bits per heavy atom. The molecule has 12 nitrogen and oxygen atoms in total. The Bertz CT molecular complexity index is 1570. The topological polar surface area (TPSA) is 146 Å². The molecular weight excluding hydrogens is 600 g/mol. The first-order valence-electron chi connectivity index (χ1n) is 15.3. The molecule has 2 aromatic carbocycles. The van der Waals surface area contributed by atoms with E-state index >= 15 is 0 Å². The van der Waals surface area contributed by atoms with E-state index in [-0.39, 0.29) is 36.8 Å². The van der Waals surface area contributed by atoms with Crippen LogP contribution in [0.3, 0.4) is 0 Å². The SMILES string of the molecule is CC(O)C(=O)N1CC[C@H](Oc2ccc(-c3ncnc(Nc4ccc(O[C@H]5CCN(C6COC6)C[C@H]5F)cc4)n3)cc2C#N)[C@H](F)C1. The first-order valence-corrected chi connectivity index (χ1v) is 15.3. The van der Waals surface area contributed by atoms with Crippen molar-refractivity contribution in [2.75, 3.05) is 44.7 Å². The minimum atomic E-state index is -1.48. The molecule has 3 aliphatic rings. The van der Waals surface area contributed by atoms with Gasteiger partial charge in [-0.25, -0.2) is 18.7 Å². The first kappa shape index (κ1) is 31.5. The number of aliphatic hydroxyl groups is 1. The Morgan fingerprint density at radius 3 is 2.48 bits per heavy atom. The highest BCUT2D eigenvalue weighted by Gasteiger charge is 2.37. The Morgan fingerprint density at radius 2 is 1.80 bits per heavy atom. The lowest BCUT2D eigenvalue weighted by Crippen LogP contribution is -2.56. The number of aliphatic hydroxyl groups excluding tert-OH is 1. The zero-order chi connectivity index (χ0) is 32.2. The van der Waals surface area contributed by atoms with Crippen LogP contribution >= 0.6 is 0 Å². The van der Waals surface area contributed by atoms with Crippen LogP contribution in [-0.2, 0) is 9.53 Å². The molecule has 6 rings (SSSR count). The van der Waals surface area contributed by atoms with Gasteiger partial charge in [0.05, 0.1) is 31.4 Å². The van der Waals surface area contributed by atoms with E-state index in [2.05, 4.69) is 31.2 Å². The summed E-state index contributed by atoms with van der Waals surface area (Å²) in [6.45, 7) is 3.84. The van der Waals surface area contributed by atoms with Gasteiger partial charge in [0.1, 0.15) is 48.4 Å². The van der Waals surface area contributed by atoms with Crippen molar-refractivity contribution in [1.29, 1.82) is 5.26 Å². The summed E-state index contributed by atoms with van der Waals surface area (Å²) in [7, 11) is 0. The summed E-state index contributed by atoms with van der Waals surface area (Å²) in [5.74, 6) is 0.828. The molecule has 0 saturated carbocycles. The highest BCUT2D eigenvalue weighted by atomic mass is 19.1. The second-order valence-electron chi connectivity index (χ2n) is 11.7. The summed E-state index contributed by atoms with van der Waals surface area (Å²) < 4.78 is 46.7. The molecule has 14 heteroatoms. The van der Waals surface area contributed by atoms with Crippen LogP contribution in [-0.4, -0.2) is 112 Å². The fraction of sp³-hybridized carbons (Fsp3) is 0.469. The predicted octanol–water partition coefficient (Wildman–Crippen LogP) is 3.04. The van der Waals surface area contributed by atoms with Gasteiger partial charge in [-0.3, -0.25) is 9.69 Å². The van der Waals surface area contributed by atoms with E-state index in [9.17, 15) is 23.9 Å². The van der Waals surface area contributed by atoms with Crippen molar-refractivity contribution in [3.63, 3.8) is 0 Å². The monoisotopic (exact) mass is 635 g/mol. The van der Waals surface area contributed by atoms with Crippen molar-refractivity contribution in [2.24, 2.45) is 0 Å². The summed E-state index contributed by atoms with van der Waals surface area (Å²) in [6.07, 6.45) is -2.95. The molecule has 3 fully saturated rings. The van der Waals surface area contributed by atoms with Crippen LogP contribution in [0.5, 0.6) is 11.5 Å². The van der Waals surface area contributed by atoms with E-state index in [4.69, 9.17) is 14.2 Å². The molecule has 0 spiro atoms. The number of carbonyl (C=O) groups is 1. The van der Waals surface area contributed by atoms with Gasteiger partial charge in [0.2, 0.25) is 5.95 Å². The molecule has 1 unspecified atom stereocenters. The highest BCUT2D eigenvalue weighted by Crippen LogP contribution is 2.29. The van der Waals surface area contributed by atoms with E-state index in [1.807, 2.05) is 0 Å². The maximum Gasteiger partial charge on any atom is 0.251 e. The fourth-order valence-electron chi connectivity index (χ4n) is 5.72. The number of amides is 1. The summed E-state index contributed by atoms with van der Waals surface area (Å²) in [5, 5.41) is 22.4. The molecule has 242 valence electrons. The standard InChI is InChI=1S/C32H35F2N7O5/c1-19(42)31(43)41-11-9-29(26(34)15-41)46-27-7-2-20(12-21(27)13-35)30-36-18-37-32(39-30)38-22-3-5-24(6-4-22)45-28-8-10-40(14-25(28)33)23-16-44-17-23/h2-7,12,18-19,23,25-26,28-29,42H,8-11,14-17H2,1H3,(H,36,37,38,39)/t19?,25-,26-,28+,29+/m1/s1. The molecule has 2 N–H and O–H groups in total. The molecule has 3 aromatic rings. The second-order valence-corrected chi connectivity index (χ2v) is 11.7. The number of alkyl halides is 2. The third-order valence-corrected chi connectivity index (χ3v) is 8.41. The quantitative estimate of drug-likeness (QED) is 0.358. The van der Waals surface area contributed by atoms with E-state index in [1.165, 1.54) is 18.2 Å². The smallest absolute Gasteiger partial charge is 0.251 e. The van der Waals surface area contributed by atoms with Gasteiger partial charge in [0.15, 0.2) is 12.0 Å². The van der Waals surface area contributed by atoms with Gasteiger partial charge in [0.25, 0.3) is 5.91 Å². The average molecular weight is 636 g/mol. The van der Waals surface area contributed by atoms with E-state index < -0.39 is 36.6 Å². The van der Waals surface area contributed by atoms with Crippen LogP contribution in [0.1, 0.15) is 25.3 Å². The molecule has 3 saturated heterocycles. The third kappa shape index (κ3) is 7.17. The number of halogens is 2. The number of piperidine rings is 2. The van der Waals surface area contributed by atoms with Crippen LogP contribution in [0.15, 0.2) is 48.8 Å². The number of carbonyl (C=O) groups excluding carboxylic acids is 1. The molecule has 1 amide bonds. The number of likely N-dealkylation sites (tertiary alicyclic amines) is 2. The van der Waals surface area contributed by atoms with Crippen LogP contribution in [0.2, 0.25) is 0 Å². The van der Waals surface area contributed by atoms with Gasteiger partial charge >= 0.3 is 0 Å². The van der Waals surface area contributed by atoms with Gasteiger partial charge in [0, 0.05) is 37.3 Å². The summed E-state index contributed by atoms with van der Waals surface area (Å²) >= 11 is 0. The molecule has 0 radical (unpaired) electrons. The molecular formula is C32H35F2N7O5. The predicted molar refractivity (Wildman–Crippen MR) is 162 cm³/mol. The Balaban J connectivity index is 1.06. The minimum Gasteiger partial charge on any atom is -0.487 e. The summed E-state index contributed by atoms with van der Waals surface area (Å²) in [6, 6.07) is 14.3. The Hall–Kier alpha value is -4.45. The van der Waals surface area contributed by atoms with Gasteiger partial charge in [-0.2, -0.15) is 10.2 Å². The van der Waals surface area contributed by atoms with Crippen LogP contribution in [0.25, 0.3) is 11.4 Å². The van der Waals surface area contributed by atoms with E-state index in [0.717, 1.165) is 6.54 Å². The average Bonchev–Trinajstić information content (AvgIpc) is 3.03. The number of nitriles is 1. The fourth-order valence-corrected chi connectivity index (χ4v) is 5.72. The van der Waals surface area contributed by atoms with Gasteiger partial charge in [-0.15, -0.1) is 0 Å². The van der Waals surface area contributed by atoms with E-state index in [0.29, 0.717) is 55.0 Å². The molecule has 4 heterocycles. The third-order valence-electron chi connectivity index (χ3n) is 8.41. The molecule has 1 aromatic heterocycles. The maximum absolute atomic E-state index is 14.9. The minimum absolute atomic E-state index is 0.177. The number of ether oxygens (including phenoxy) is 3. The van der Waals surface area contributed by atoms with E-state index in [1.54, 1.807) is 42.5 Å². The molecule has 0 aliphatic carbocycles. The van der Waals surface area contributed by atoms with Crippen molar-refractivity contribution in [3.05, 3.63) is 54.4 Å². The number of benzene rings is 2. The number of hydrogen-bond donors (Lipinski definition) is 2. The van der Waals surface area contributed by atoms with Gasteiger partial charge in [-0.05, 0) is 55.8 Å². The van der Waals surface area contributed by atoms with Crippen molar-refractivity contribution in [2.45, 2.75) is 56.5 Å². The zero-order valence-corrected chi connectivity index (χ0v) is 25.3. The van der Waals surface area contributed by atoms with Crippen LogP contribution < -0.4 is 14.8 Å². The number of nitrogens with zero attached hydrogens (tertiary/aromatic N) is 6. The maximum atomic E-state index is 14.9. The number of hydrogen-bond acceptors (Lipinski definition) is 11. The number of nitrogens with one attached hydrogen (secondary N) is 1. The number of aromatic nitrogens is 3. The number of anilines is 2. The van der Waals surface area contributed by atoms with Crippen molar-refractivity contribution in [3.8, 4) is 29.0 Å². The largest absolute Gasteiger partial charge is 0.487 e. The van der Waals surface area contributed by atoms with Crippen LogP contribution in [0, 0.1) is 11.3 Å². The zero-order valence-electron chi connectivity index (χ0n) is 25.3. The first-order chi connectivity index (χ1) is 22.3. The molecule has 3 aliphatic heterocycles. The number of rotatable bonds is 9. The summed E-state index contributed by atoms with van der Waals surface area (Å²) in [4.78, 5) is 28.3. The highest BCUT2D eigenvalue weighted by molar-refractivity contribution is 5.80. The molecule has 46 heavy (non-hydrogen) atoms. The second kappa shape index (κ2) is 13.9. The lowest BCUT2D eigenvalue weighted by Gasteiger charge is -2.42.